The average Bonchev–Trinajstić information content (AvgIpc) is 2.42. The van der Waals surface area contributed by atoms with Crippen LogP contribution in [-0.2, 0) is 19.6 Å². The van der Waals surface area contributed by atoms with Gasteiger partial charge in [0.15, 0.2) is 17.5 Å². The second kappa shape index (κ2) is 7.12. The summed E-state index contributed by atoms with van der Waals surface area (Å²) >= 11 is 5.50. The van der Waals surface area contributed by atoms with E-state index in [9.17, 15) is 26.4 Å². The van der Waals surface area contributed by atoms with Gasteiger partial charge in [-0.3, -0.25) is 4.79 Å². The molecule has 0 aliphatic carbocycles. The number of benzene rings is 1. The van der Waals surface area contributed by atoms with Crippen molar-refractivity contribution in [2.75, 3.05) is 6.54 Å². The van der Waals surface area contributed by atoms with Gasteiger partial charge in [0.05, 0.1) is 5.56 Å². The molecule has 0 saturated carbocycles. The molecule has 1 aromatic rings. The zero-order valence-electron chi connectivity index (χ0n) is 13.0. The predicted octanol–water partition coefficient (Wildman–Crippen LogP) is 3.02. The van der Waals surface area contributed by atoms with Crippen molar-refractivity contribution in [1.82, 2.24) is 4.72 Å². The minimum Gasteiger partial charge on any atom is -0.459 e. The van der Waals surface area contributed by atoms with Gasteiger partial charge in [-0.05, 0) is 20.8 Å². The summed E-state index contributed by atoms with van der Waals surface area (Å²) in [4.78, 5) is 10.1. The minimum absolute atomic E-state index is 0.657. The van der Waals surface area contributed by atoms with Gasteiger partial charge in [0, 0.05) is 0 Å². The first-order valence-electron chi connectivity index (χ1n) is 6.51. The second-order valence-corrected chi connectivity index (χ2v) is 7.70. The Bertz CT molecular complexity index is 759. The van der Waals surface area contributed by atoms with E-state index >= 15 is 0 Å². The van der Waals surface area contributed by atoms with Gasteiger partial charge in [0.25, 0.3) is 0 Å². The summed E-state index contributed by atoms with van der Waals surface area (Å²) in [6.45, 7) is 6.87. The zero-order chi connectivity index (χ0) is 18.9. The van der Waals surface area contributed by atoms with Crippen molar-refractivity contribution >= 4 is 33.7 Å². The number of ether oxygens (including phenoxy) is 1. The number of rotatable bonds is 5. The van der Waals surface area contributed by atoms with E-state index < -0.39 is 61.1 Å². The molecule has 0 unspecified atom stereocenters. The predicted molar refractivity (Wildman–Crippen MR) is 82.5 cm³/mol. The number of halogens is 4. The molecule has 0 saturated heterocycles. The Labute approximate surface area is 142 Å². The fourth-order valence-electron chi connectivity index (χ4n) is 1.65. The number of carbonyl (C=O) groups is 1. The van der Waals surface area contributed by atoms with E-state index in [1.807, 2.05) is 0 Å². The molecule has 10 heteroatoms. The lowest BCUT2D eigenvalue weighted by Gasteiger charge is -2.19. The molecule has 0 bridgehead atoms. The maximum atomic E-state index is 14.0. The van der Waals surface area contributed by atoms with E-state index in [0.717, 1.165) is 0 Å². The number of hydrogen-bond donors (Lipinski definition) is 1. The van der Waals surface area contributed by atoms with Crippen molar-refractivity contribution < 1.29 is 31.1 Å². The molecule has 5 nitrogen and oxygen atoms in total. The van der Waals surface area contributed by atoms with E-state index in [1.54, 1.807) is 25.5 Å². The molecule has 0 heterocycles. The van der Waals surface area contributed by atoms with Gasteiger partial charge in [-0.2, -0.15) is 4.72 Å². The zero-order valence-corrected chi connectivity index (χ0v) is 14.6. The maximum absolute atomic E-state index is 14.0. The van der Waals surface area contributed by atoms with Crippen LogP contribution in [0.25, 0.3) is 6.08 Å². The molecule has 1 aromatic carbocycles. The Morgan fingerprint density at radius 3 is 2.25 bits per heavy atom. The average molecular weight is 386 g/mol. The molecule has 0 aliphatic rings. The highest BCUT2D eigenvalue weighted by molar-refractivity contribution is 7.89. The Morgan fingerprint density at radius 2 is 1.79 bits per heavy atom. The van der Waals surface area contributed by atoms with E-state index in [-0.39, 0.29) is 0 Å². The summed E-state index contributed by atoms with van der Waals surface area (Å²) in [7, 11) is -4.81. The van der Waals surface area contributed by atoms with Gasteiger partial charge < -0.3 is 4.74 Å². The molecule has 0 aromatic heterocycles. The molecular weight excluding hydrogens is 371 g/mol. The highest BCUT2D eigenvalue weighted by Crippen LogP contribution is 2.32. The normalized spacial score (nSPS) is 12.1. The molecule has 24 heavy (non-hydrogen) atoms. The third kappa shape index (κ3) is 4.49. The lowest BCUT2D eigenvalue weighted by molar-refractivity contribution is -0.153. The van der Waals surface area contributed by atoms with Crippen LogP contribution in [0.4, 0.5) is 13.2 Å². The second-order valence-electron chi connectivity index (χ2n) is 5.61. The monoisotopic (exact) mass is 385 g/mol. The quantitative estimate of drug-likeness (QED) is 0.624. The first kappa shape index (κ1) is 20.5. The highest BCUT2D eigenvalue weighted by Gasteiger charge is 2.31. The van der Waals surface area contributed by atoms with Crippen molar-refractivity contribution in [2.45, 2.75) is 31.3 Å². The number of nitrogens with one attached hydrogen (secondary N) is 1. The third-order valence-corrected chi connectivity index (χ3v) is 4.47. The number of esters is 1. The SMILES string of the molecule is C=Cc1c(F)c(F)c(S(=O)(=O)NCC(=O)OC(C)(C)C)c(Cl)c1F. The van der Waals surface area contributed by atoms with Gasteiger partial charge in [0.2, 0.25) is 10.0 Å². The van der Waals surface area contributed by atoms with Crippen molar-refractivity contribution in [2.24, 2.45) is 0 Å². The van der Waals surface area contributed by atoms with Crippen LogP contribution in [0.1, 0.15) is 26.3 Å². The summed E-state index contributed by atoms with van der Waals surface area (Å²) in [5.41, 5.74) is -1.78. The smallest absolute Gasteiger partial charge is 0.321 e. The van der Waals surface area contributed by atoms with Gasteiger partial charge in [0.1, 0.15) is 22.1 Å². The van der Waals surface area contributed by atoms with Gasteiger partial charge in [-0.15, -0.1) is 0 Å². The van der Waals surface area contributed by atoms with Gasteiger partial charge in [-0.1, -0.05) is 24.3 Å². The molecule has 134 valence electrons. The van der Waals surface area contributed by atoms with Crippen LogP contribution in [0, 0.1) is 17.5 Å². The summed E-state index contributed by atoms with van der Waals surface area (Å²) in [5.74, 6) is -6.09. The lowest BCUT2D eigenvalue weighted by atomic mass is 10.2. The van der Waals surface area contributed by atoms with E-state index in [2.05, 4.69) is 6.58 Å². The van der Waals surface area contributed by atoms with Crippen molar-refractivity contribution in [3.63, 3.8) is 0 Å². The Kier molecular flexibility index (Phi) is 6.07. The Balaban J connectivity index is 3.21. The molecule has 0 atom stereocenters. The summed E-state index contributed by atoms with van der Waals surface area (Å²) in [6.07, 6.45) is 0.657. The van der Waals surface area contributed by atoms with Crippen LogP contribution < -0.4 is 4.72 Å². The van der Waals surface area contributed by atoms with E-state index in [4.69, 9.17) is 16.3 Å². The fourth-order valence-corrected chi connectivity index (χ4v) is 3.24. The van der Waals surface area contributed by atoms with E-state index in [0.29, 0.717) is 6.08 Å². The van der Waals surface area contributed by atoms with Crippen LogP contribution in [0.3, 0.4) is 0 Å². The number of carbonyl (C=O) groups excluding carboxylic acids is 1. The van der Waals surface area contributed by atoms with Gasteiger partial charge in [-0.25, -0.2) is 21.6 Å². The third-order valence-electron chi connectivity index (χ3n) is 2.56. The maximum Gasteiger partial charge on any atom is 0.321 e. The molecule has 0 radical (unpaired) electrons. The van der Waals surface area contributed by atoms with Crippen LogP contribution in [-0.4, -0.2) is 26.5 Å². The topological polar surface area (TPSA) is 72.5 Å². The van der Waals surface area contributed by atoms with E-state index in [1.165, 1.54) is 0 Å². The molecule has 0 fully saturated rings. The van der Waals surface area contributed by atoms with Crippen LogP contribution >= 0.6 is 11.6 Å². The first-order chi connectivity index (χ1) is 10.8. The Morgan fingerprint density at radius 1 is 1.25 bits per heavy atom. The standard InChI is InChI=1S/C14H15ClF3NO4S/c1-5-7-10(16)9(15)13(12(18)11(7)17)24(21,22)19-6-8(20)23-14(2,3)4/h5,19H,1,6H2,2-4H3. The summed E-state index contributed by atoms with van der Waals surface area (Å²) in [5, 5.41) is -1.15. The van der Waals surface area contributed by atoms with Crippen LogP contribution in [0.2, 0.25) is 5.02 Å². The summed E-state index contributed by atoms with van der Waals surface area (Å²) in [6, 6.07) is 0. The highest BCUT2D eigenvalue weighted by atomic mass is 35.5. The minimum atomic E-state index is -4.81. The number of sulfonamides is 1. The van der Waals surface area contributed by atoms with Crippen molar-refractivity contribution in [3.05, 3.63) is 34.6 Å². The first-order valence-corrected chi connectivity index (χ1v) is 8.38. The molecule has 0 aliphatic heterocycles. The summed E-state index contributed by atoms with van der Waals surface area (Å²) < 4.78 is 72.2. The fraction of sp³-hybridized carbons (Fsp3) is 0.357. The largest absolute Gasteiger partial charge is 0.459 e. The van der Waals surface area contributed by atoms with Crippen LogP contribution in [0.15, 0.2) is 11.5 Å². The molecular formula is C14H15ClF3NO4S. The number of hydrogen-bond acceptors (Lipinski definition) is 4. The lowest BCUT2D eigenvalue weighted by Crippen LogP contribution is -2.35. The molecule has 1 rings (SSSR count). The molecule has 1 N–H and O–H groups in total. The molecule has 0 amide bonds. The Hall–Kier alpha value is -1.58. The molecule has 0 spiro atoms. The van der Waals surface area contributed by atoms with Crippen LogP contribution in [0.5, 0.6) is 0 Å². The van der Waals surface area contributed by atoms with Crippen molar-refractivity contribution in [3.8, 4) is 0 Å². The van der Waals surface area contributed by atoms with Gasteiger partial charge >= 0.3 is 5.97 Å². The van der Waals surface area contributed by atoms with Crippen molar-refractivity contribution in [1.29, 1.82) is 0 Å².